The van der Waals surface area contributed by atoms with Gasteiger partial charge in [-0.15, -0.1) is 0 Å². The number of carbonyl (C=O) groups is 2. The molecule has 2 atom stereocenters. The number of aryl methyl sites for hydroxylation is 1. The van der Waals surface area contributed by atoms with E-state index >= 15 is 0 Å². The third-order valence-electron chi connectivity index (χ3n) is 5.70. The summed E-state index contributed by atoms with van der Waals surface area (Å²) in [4.78, 5) is 27.5. The number of Topliss-reactive ketones (excluding diaryl/α,β-unsaturated/α-hetero) is 1. The van der Waals surface area contributed by atoms with Crippen molar-refractivity contribution in [2.24, 2.45) is 0 Å². The van der Waals surface area contributed by atoms with Crippen LogP contribution in [0, 0.1) is 12.7 Å². The smallest absolute Gasteiger partial charge is 0.247 e. The highest BCUT2D eigenvalue weighted by atomic mass is 28.4. The number of nitrogens with zero attached hydrogens (tertiary/aromatic N) is 1. The second-order valence-corrected chi connectivity index (χ2v) is 14.0. The summed E-state index contributed by atoms with van der Waals surface area (Å²) in [5.41, 5.74) is 3.28. The number of β-lactam (4-membered cyclic amide) rings is 1. The van der Waals surface area contributed by atoms with Gasteiger partial charge in [0.05, 0.1) is 12.6 Å². The third kappa shape index (κ3) is 5.26. The van der Waals surface area contributed by atoms with E-state index in [1.807, 2.05) is 55.5 Å². The predicted octanol–water partition coefficient (Wildman–Crippen LogP) is 5.28. The van der Waals surface area contributed by atoms with Gasteiger partial charge in [-0.2, -0.15) is 0 Å². The molecule has 0 spiro atoms. The van der Waals surface area contributed by atoms with E-state index in [2.05, 4.69) is 25.0 Å². The number of ketones is 1. The summed E-state index contributed by atoms with van der Waals surface area (Å²) >= 11 is 0. The molecule has 34 heavy (non-hydrogen) atoms. The molecule has 1 aliphatic rings. The van der Waals surface area contributed by atoms with Crippen molar-refractivity contribution >= 4 is 25.7 Å². The molecule has 0 bridgehead atoms. The van der Waals surface area contributed by atoms with Crippen molar-refractivity contribution in [2.75, 3.05) is 11.4 Å². The molecule has 1 heterocycles. The lowest BCUT2D eigenvalue weighted by Crippen LogP contribution is -2.65. The van der Waals surface area contributed by atoms with Crippen LogP contribution in [0.1, 0.15) is 27.5 Å². The number of halogens is 1. The molecule has 1 aliphatic heterocycles. The van der Waals surface area contributed by atoms with Gasteiger partial charge in [-0.05, 0) is 80.7 Å². The Hall–Kier alpha value is -3.29. The molecule has 1 amide bonds. The fraction of sp³-hybridized carbons (Fsp3) is 0.259. The first-order valence-electron chi connectivity index (χ1n) is 11.3. The van der Waals surface area contributed by atoms with E-state index in [4.69, 9.17) is 4.43 Å². The van der Waals surface area contributed by atoms with Crippen molar-refractivity contribution in [3.8, 4) is 5.75 Å². The van der Waals surface area contributed by atoms with Gasteiger partial charge < -0.3 is 9.33 Å². The van der Waals surface area contributed by atoms with Crippen LogP contribution in [0.2, 0.25) is 19.6 Å². The molecule has 0 aliphatic carbocycles. The number of nitrogens with one attached hydrogen (secondary N) is 1. The van der Waals surface area contributed by atoms with Gasteiger partial charge in [0, 0.05) is 11.3 Å². The maximum atomic E-state index is 13.2. The van der Waals surface area contributed by atoms with Gasteiger partial charge in [0.1, 0.15) is 17.6 Å². The third-order valence-corrected chi connectivity index (χ3v) is 6.55. The first-order valence-corrected chi connectivity index (χ1v) is 14.7. The molecule has 4 rings (SSSR count). The quantitative estimate of drug-likeness (QED) is 0.273. The van der Waals surface area contributed by atoms with Gasteiger partial charge in [0.15, 0.2) is 5.78 Å². The Morgan fingerprint density at radius 3 is 2.18 bits per heavy atom. The molecule has 3 aromatic carbocycles. The van der Waals surface area contributed by atoms with Crippen molar-refractivity contribution < 1.29 is 18.4 Å². The predicted molar refractivity (Wildman–Crippen MR) is 134 cm³/mol. The SMILES string of the molecule is Cc1ccc(N2C(=O)C(NCC(=O)c3ccc(F)cc3)[C@H]2c2ccc(O[Si](C)(C)C)cc2)cc1. The Balaban J connectivity index is 1.56. The monoisotopic (exact) mass is 476 g/mol. The Morgan fingerprint density at radius 2 is 1.59 bits per heavy atom. The lowest BCUT2D eigenvalue weighted by molar-refractivity contribution is -0.127. The Bertz CT molecular complexity index is 1170. The number of carbonyl (C=O) groups excluding carboxylic acids is 2. The van der Waals surface area contributed by atoms with Gasteiger partial charge in [0.25, 0.3) is 0 Å². The minimum absolute atomic E-state index is 0.0168. The minimum Gasteiger partial charge on any atom is -0.544 e. The maximum Gasteiger partial charge on any atom is 0.247 e. The Labute approximate surface area is 200 Å². The zero-order chi connectivity index (χ0) is 24.5. The van der Waals surface area contributed by atoms with E-state index in [0.29, 0.717) is 5.56 Å². The second kappa shape index (κ2) is 9.52. The van der Waals surface area contributed by atoms with Crippen LogP contribution in [0.5, 0.6) is 5.75 Å². The van der Waals surface area contributed by atoms with Crippen LogP contribution in [-0.4, -0.2) is 32.6 Å². The van der Waals surface area contributed by atoms with Crippen LogP contribution >= 0.6 is 0 Å². The molecular formula is C27H29FN2O3Si. The fourth-order valence-corrected chi connectivity index (χ4v) is 4.89. The minimum atomic E-state index is -1.73. The summed E-state index contributed by atoms with van der Waals surface area (Å²) in [7, 11) is -1.73. The molecule has 1 unspecified atom stereocenters. The average molecular weight is 477 g/mol. The van der Waals surface area contributed by atoms with Crippen molar-refractivity contribution in [1.82, 2.24) is 5.32 Å². The standard InChI is InChI=1S/C27H29FN2O3Si/c1-18-5-13-22(14-6-18)30-26(20-9-15-23(16-10-20)33-34(2,3)4)25(27(30)32)29-17-24(31)19-7-11-21(28)12-8-19/h5-16,25-26,29H,17H2,1-4H3/t25?,26-/m1/s1. The number of hydrogen-bond donors (Lipinski definition) is 1. The fourth-order valence-electron chi connectivity index (χ4n) is 4.05. The number of benzene rings is 3. The van der Waals surface area contributed by atoms with E-state index in [1.165, 1.54) is 24.3 Å². The summed E-state index contributed by atoms with van der Waals surface area (Å²) in [6.07, 6.45) is 0. The average Bonchev–Trinajstić information content (AvgIpc) is 2.79. The van der Waals surface area contributed by atoms with Crippen molar-refractivity contribution in [3.63, 3.8) is 0 Å². The molecule has 0 saturated carbocycles. The van der Waals surface area contributed by atoms with E-state index in [0.717, 1.165) is 22.6 Å². The summed E-state index contributed by atoms with van der Waals surface area (Å²) in [5, 5.41) is 3.14. The van der Waals surface area contributed by atoms with E-state index < -0.39 is 20.2 Å². The normalized spacial score (nSPS) is 17.9. The number of hydrogen-bond acceptors (Lipinski definition) is 4. The van der Waals surface area contributed by atoms with Crippen LogP contribution in [0.4, 0.5) is 10.1 Å². The lowest BCUT2D eigenvalue weighted by atomic mass is 9.87. The molecule has 3 aromatic rings. The Kier molecular flexibility index (Phi) is 6.68. The summed E-state index contributed by atoms with van der Waals surface area (Å²) in [5.74, 6) is 0.128. The highest BCUT2D eigenvalue weighted by Gasteiger charge is 2.48. The zero-order valence-electron chi connectivity index (χ0n) is 19.8. The van der Waals surface area contributed by atoms with Gasteiger partial charge in [-0.25, -0.2) is 4.39 Å². The molecule has 5 nitrogen and oxygen atoms in total. The maximum absolute atomic E-state index is 13.2. The topological polar surface area (TPSA) is 58.6 Å². The van der Waals surface area contributed by atoms with Gasteiger partial charge >= 0.3 is 0 Å². The summed E-state index contributed by atoms with van der Waals surface area (Å²) in [6.45, 7) is 8.37. The molecule has 176 valence electrons. The lowest BCUT2D eigenvalue weighted by Gasteiger charge is -2.47. The second-order valence-electron chi connectivity index (χ2n) is 9.56. The van der Waals surface area contributed by atoms with Crippen LogP contribution < -0.4 is 14.6 Å². The van der Waals surface area contributed by atoms with Crippen LogP contribution in [0.25, 0.3) is 0 Å². The van der Waals surface area contributed by atoms with Gasteiger partial charge in [0.2, 0.25) is 14.2 Å². The van der Waals surface area contributed by atoms with Crippen LogP contribution in [-0.2, 0) is 4.79 Å². The number of rotatable bonds is 8. The highest BCUT2D eigenvalue weighted by molar-refractivity contribution is 6.70. The molecule has 1 N–H and O–H groups in total. The van der Waals surface area contributed by atoms with Crippen LogP contribution in [0.15, 0.2) is 72.8 Å². The van der Waals surface area contributed by atoms with Crippen molar-refractivity contribution in [3.05, 3.63) is 95.3 Å². The molecular weight excluding hydrogens is 447 g/mol. The molecule has 7 heteroatoms. The molecule has 0 radical (unpaired) electrons. The van der Waals surface area contributed by atoms with Crippen molar-refractivity contribution in [2.45, 2.75) is 38.6 Å². The molecule has 0 aromatic heterocycles. The number of amides is 1. The van der Waals surface area contributed by atoms with Gasteiger partial charge in [-0.1, -0.05) is 29.8 Å². The summed E-state index contributed by atoms with van der Waals surface area (Å²) in [6, 6.07) is 20.2. The molecule has 1 fully saturated rings. The van der Waals surface area contributed by atoms with Crippen molar-refractivity contribution in [1.29, 1.82) is 0 Å². The van der Waals surface area contributed by atoms with E-state index in [-0.39, 0.29) is 24.3 Å². The largest absolute Gasteiger partial charge is 0.544 e. The van der Waals surface area contributed by atoms with E-state index in [1.54, 1.807) is 4.90 Å². The zero-order valence-corrected chi connectivity index (χ0v) is 20.8. The summed E-state index contributed by atoms with van der Waals surface area (Å²) < 4.78 is 19.3. The first-order chi connectivity index (χ1) is 16.1. The first kappa shape index (κ1) is 23.9. The highest BCUT2D eigenvalue weighted by Crippen LogP contribution is 2.40. The molecule has 1 saturated heterocycles. The Morgan fingerprint density at radius 1 is 0.971 bits per heavy atom. The van der Waals surface area contributed by atoms with Crippen LogP contribution in [0.3, 0.4) is 0 Å². The number of anilines is 1. The van der Waals surface area contributed by atoms with Gasteiger partial charge in [-0.3, -0.25) is 14.9 Å². The van der Waals surface area contributed by atoms with E-state index in [9.17, 15) is 14.0 Å².